The second-order valence-electron chi connectivity index (χ2n) is 3.24. The van der Waals surface area contributed by atoms with Crippen LogP contribution in [-0.4, -0.2) is 19.2 Å². The maximum atomic E-state index is 12.5. The van der Waals surface area contributed by atoms with Crippen LogP contribution in [0.15, 0.2) is 18.2 Å². The molecule has 0 radical (unpaired) electrons. The molecule has 1 rings (SSSR count). The molecular weight excluding hydrogens is 364 g/mol. The average molecular weight is 374 g/mol. The van der Waals surface area contributed by atoms with Crippen molar-refractivity contribution < 1.29 is 27.4 Å². The van der Waals surface area contributed by atoms with Crippen LogP contribution in [0.2, 0.25) is 0 Å². The highest BCUT2D eigenvalue weighted by Gasteiger charge is 2.31. The van der Waals surface area contributed by atoms with Gasteiger partial charge in [-0.1, -0.05) is 0 Å². The van der Waals surface area contributed by atoms with Gasteiger partial charge in [0.2, 0.25) is 0 Å². The molecule has 0 amide bonds. The summed E-state index contributed by atoms with van der Waals surface area (Å²) in [5.74, 6) is -0.607. The molecule has 3 nitrogen and oxygen atoms in total. The number of esters is 1. The smallest absolute Gasteiger partial charge is 0.416 e. The lowest BCUT2D eigenvalue weighted by Gasteiger charge is -2.11. The summed E-state index contributed by atoms with van der Waals surface area (Å²) < 4.78 is 47.5. The van der Waals surface area contributed by atoms with Crippen molar-refractivity contribution in [3.05, 3.63) is 27.3 Å². The van der Waals surface area contributed by atoms with Gasteiger partial charge in [0.15, 0.2) is 6.61 Å². The van der Waals surface area contributed by atoms with Crippen LogP contribution in [0.1, 0.15) is 12.5 Å². The highest BCUT2D eigenvalue weighted by molar-refractivity contribution is 14.1. The lowest BCUT2D eigenvalue weighted by atomic mass is 10.2. The highest BCUT2D eigenvalue weighted by Crippen LogP contribution is 2.33. The normalized spacial score (nSPS) is 11.2. The van der Waals surface area contributed by atoms with Crippen LogP contribution in [-0.2, 0) is 15.7 Å². The molecule has 18 heavy (non-hydrogen) atoms. The zero-order valence-electron chi connectivity index (χ0n) is 9.38. The van der Waals surface area contributed by atoms with Crippen LogP contribution in [0.4, 0.5) is 13.2 Å². The quantitative estimate of drug-likeness (QED) is 0.600. The molecule has 0 fully saturated rings. The number of alkyl halides is 3. The average Bonchev–Trinajstić information content (AvgIpc) is 2.26. The second-order valence-corrected chi connectivity index (χ2v) is 4.40. The van der Waals surface area contributed by atoms with Crippen molar-refractivity contribution in [3.8, 4) is 5.75 Å². The highest BCUT2D eigenvalue weighted by atomic mass is 127. The molecule has 0 spiro atoms. The molecule has 1 aromatic rings. The first-order valence-electron chi connectivity index (χ1n) is 4.99. The van der Waals surface area contributed by atoms with Gasteiger partial charge in [-0.25, -0.2) is 4.79 Å². The first-order chi connectivity index (χ1) is 8.34. The van der Waals surface area contributed by atoms with E-state index >= 15 is 0 Å². The van der Waals surface area contributed by atoms with Gasteiger partial charge < -0.3 is 9.47 Å². The molecule has 0 aliphatic rings. The molecule has 0 bridgehead atoms. The first kappa shape index (κ1) is 15.1. The maximum absolute atomic E-state index is 12.5. The molecule has 0 aliphatic carbocycles. The molecule has 100 valence electrons. The summed E-state index contributed by atoms with van der Waals surface area (Å²) in [6.45, 7) is 1.42. The van der Waals surface area contributed by atoms with Gasteiger partial charge in [0.25, 0.3) is 0 Å². The van der Waals surface area contributed by atoms with Gasteiger partial charge >= 0.3 is 12.1 Å². The van der Waals surface area contributed by atoms with E-state index in [2.05, 4.69) is 4.74 Å². The predicted octanol–water partition coefficient (Wildman–Crippen LogP) is 3.25. The van der Waals surface area contributed by atoms with Gasteiger partial charge in [-0.2, -0.15) is 13.2 Å². The van der Waals surface area contributed by atoms with E-state index in [1.54, 1.807) is 6.92 Å². The number of rotatable bonds is 4. The number of ether oxygens (including phenoxy) is 2. The molecule has 0 heterocycles. The van der Waals surface area contributed by atoms with Crippen LogP contribution >= 0.6 is 22.6 Å². The predicted molar refractivity (Wildman–Crippen MR) is 66.3 cm³/mol. The van der Waals surface area contributed by atoms with Crippen LogP contribution in [0.5, 0.6) is 5.75 Å². The lowest BCUT2D eigenvalue weighted by molar-refractivity contribution is -0.145. The largest absolute Gasteiger partial charge is 0.481 e. The molecule has 1 aromatic carbocycles. The number of carbonyl (C=O) groups excluding carboxylic acids is 1. The van der Waals surface area contributed by atoms with Crippen LogP contribution in [0.25, 0.3) is 0 Å². The Bertz CT molecular complexity index is 432. The fourth-order valence-corrected chi connectivity index (χ4v) is 1.62. The molecule has 0 aromatic heterocycles. The fraction of sp³-hybridized carbons (Fsp3) is 0.364. The van der Waals surface area contributed by atoms with E-state index in [1.165, 1.54) is 6.07 Å². The fourth-order valence-electron chi connectivity index (χ4n) is 1.13. The van der Waals surface area contributed by atoms with Crippen molar-refractivity contribution in [2.75, 3.05) is 13.2 Å². The Morgan fingerprint density at radius 3 is 2.61 bits per heavy atom. The third-order valence-corrected chi connectivity index (χ3v) is 2.80. The van der Waals surface area contributed by atoms with Crippen LogP contribution < -0.4 is 4.74 Å². The van der Waals surface area contributed by atoms with Crippen molar-refractivity contribution in [1.29, 1.82) is 0 Å². The Morgan fingerprint density at radius 2 is 2.06 bits per heavy atom. The van der Waals surface area contributed by atoms with Crippen molar-refractivity contribution in [3.63, 3.8) is 0 Å². The minimum atomic E-state index is -4.44. The first-order valence-corrected chi connectivity index (χ1v) is 6.07. The topological polar surface area (TPSA) is 35.5 Å². The third-order valence-electron chi connectivity index (χ3n) is 1.91. The van der Waals surface area contributed by atoms with Crippen LogP contribution in [0, 0.1) is 3.57 Å². The Balaban J connectivity index is 2.79. The van der Waals surface area contributed by atoms with E-state index in [0.717, 1.165) is 12.1 Å². The monoisotopic (exact) mass is 374 g/mol. The minimum absolute atomic E-state index is 0.0125. The number of benzene rings is 1. The molecule has 0 saturated carbocycles. The van der Waals surface area contributed by atoms with Gasteiger partial charge in [-0.3, -0.25) is 0 Å². The molecule has 0 saturated heterocycles. The summed E-state index contributed by atoms with van der Waals surface area (Å²) >= 11 is 1.83. The van der Waals surface area contributed by atoms with Gasteiger partial charge in [0, 0.05) is 0 Å². The van der Waals surface area contributed by atoms with E-state index in [1.807, 2.05) is 22.6 Å². The molecule has 0 aliphatic heterocycles. The number of hydrogen-bond acceptors (Lipinski definition) is 3. The van der Waals surface area contributed by atoms with Gasteiger partial charge in [-0.05, 0) is 47.7 Å². The standard InChI is InChI=1S/C11H10F3IO3/c1-2-17-10(16)6-18-9-5-7(11(12,13)14)3-4-8(9)15/h3-5H,2,6H2,1H3. The third kappa shape index (κ3) is 4.35. The van der Waals surface area contributed by atoms with E-state index < -0.39 is 24.3 Å². The number of halogens is 4. The van der Waals surface area contributed by atoms with Gasteiger partial charge in [0.05, 0.1) is 15.7 Å². The maximum Gasteiger partial charge on any atom is 0.416 e. The van der Waals surface area contributed by atoms with E-state index in [4.69, 9.17) is 4.74 Å². The zero-order chi connectivity index (χ0) is 13.8. The van der Waals surface area contributed by atoms with Crippen molar-refractivity contribution >= 4 is 28.6 Å². The summed E-state index contributed by atoms with van der Waals surface area (Å²) in [6, 6.07) is 3.10. The SMILES string of the molecule is CCOC(=O)COc1cc(C(F)(F)F)ccc1I. The van der Waals surface area contributed by atoms with Crippen molar-refractivity contribution in [2.24, 2.45) is 0 Å². The lowest BCUT2D eigenvalue weighted by Crippen LogP contribution is -2.15. The van der Waals surface area contributed by atoms with E-state index in [9.17, 15) is 18.0 Å². The van der Waals surface area contributed by atoms with E-state index in [-0.39, 0.29) is 12.4 Å². The summed E-state index contributed by atoms with van der Waals surface area (Å²) in [4.78, 5) is 11.0. The molecule has 0 atom stereocenters. The summed E-state index contributed by atoms with van der Waals surface area (Å²) in [5.41, 5.74) is -0.818. The van der Waals surface area contributed by atoms with E-state index in [0.29, 0.717) is 3.57 Å². The summed E-state index contributed by atoms with van der Waals surface area (Å²) in [5, 5.41) is 0. The number of hydrogen-bond donors (Lipinski definition) is 0. The van der Waals surface area contributed by atoms with Gasteiger partial charge in [0.1, 0.15) is 5.75 Å². The van der Waals surface area contributed by atoms with Crippen LogP contribution in [0.3, 0.4) is 0 Å². The molecular formula is C11H10F3IO3. The number of carbonyl (C=O) groups is 1. The molecule has 0 N–H and O–H groups in total. The Labute approximate surface area is 115 Å². The zero-order valence-corrected chi connectivity index (χ0v) is 11.5. The Morgan fingerprint density at radius 1 is 1.39 bits per heavy atom. The van der Waals surface area contributed by atoms with Crippen molar-refractivity contribution in [1.82, 2.24) is 0 Å². The second kappa shape index (κ2) is 6.26. The van der Waals surface area contributed by atoms with Gasteiger partial charge in [-0.15, -0.1) is 0 Å². The summed E-state index contributed by atoms with van der Waals surface area (Å²) in [6.07, 6.45) is -4.44. The van der Waals surface area contributed by atoms with Crippen molar-refractivity contribution in [2.45, 2.75) is 13.1 Å². The Hall–Kier alpha value is -0.990. The minimum Gasteiger partial charge on any atom is -0.481 e. The summed E-state index contributed by atoms with van der Waals surface area (Å²) in [7, 11) is 0. The molecule has 7 heteroatoms. The Kier molecular flexibility index (Phi) is 5.24. The molecule has 0 unspecified atom stereocenters.